The maximum atomic E-state index is 13.7. The summed E-state index contributed by atoms with van der Waals surface area (Å²) in [7, 11) is 3.35. The fourth-order valence-electron chi connectivity index (χ4n) is 2.53. The van der Waals surface area contributed by atoms with Gasteiger partial charge in [0.1, 0.15) is 17.4 Å². The first-order valence-electron chi connectivity index (χ1n) is 6.75. The molecule has 0 aliphatic rings. The van der Waals surface area contributed by atoms with E-state index in [0.717, 1.165) is 5.69 Å². The normalized spacial score (nSPS) is 12.7. The van der Waals surface area contributed by atoms with Crippen LogP contribution in [0.1, 0.15) is 11.7 Å². The lowest BCUT2D eigenvalue weighted by Crippen LogP contribution is -2.30. The second kappa shape index (κ2) is 5.69. The van der Waals surface area contributed by atoms with E-state index in [0.29, 0.717) is 0 Å². The highest BCUT2D eigenvalue weighted by molar-refractivity contribution is 5.77. The van der Waals surface area contributed by atoms with Crippen molar-refractivity contribution in [2.24, 2.45) is 7.05 Å². The van der Waals surface area contributed by atoms with Crippen LogP contribution >= 0.6 is 0 Å². The lowest BCUT2D eigenvalue weighted by Gasteiger charge is -2.19. The molecule has 0 aliphatic heterocycles. The molecule has 1 atom stereocenters. The second-order valence-electron chi connectivity index (χ2n) is 4.94. The molecule has 1 unspecified atom stereocenters. The van der Waals surface area contributed by atoms with Crippen molar-refractivity contribution in [1.29, 1.82) is 0 Å². The molecule has 0 saturated heterocycles. The zero-order valence-electron chi connectivity index (χ0n) is 12.2. The van der Waals surface area contributed by atoms with Crippen LogP contribution in [0.2, 0.25) is 0 Å². The van der Waals surface area contributed by atoms with E-state index in [1.807, 2.05) is 6.07 Å². The number of aromatic nitrogens is 4. The van der Waals surface area contributed by atoms with Crippen LogP contribution < -0.4 is 5.56 Å². The summed E-state index contributed by atoms with van der Waals surface area (Å²) in [6.07, 6.45) is 3.00. The van der Waals surface area contributed by atoms with Crippen LogP contribution in [0.4, 0.5) is 4.39 Å². The van der Waals surface area contributed by atoms with Gasteiger partial charge in [0.25, 0.3) is 5.56 Å². The fourth-order valence-corrected chi connectivity index (χ4v) is 2.53. The van der Waals surface area contributed by atoms with Gasteiger partial charge in [0.15, 0.2) is 0 Å². The summed E-state index contributed by atoms with van der Waals surface area (Å²) >= 11 is 0. The number of ether oxygens (including phenoxy) is 1. The number of rotatable bonds is 4. The van der Waals surface area contributed by atoms with E-state index in [1.54, 1.807) is 31.1 Å². The number of hydrogen-bond acceptors (Lipinski definition) is 4. The minimum absolute atomic E-state index is 0.0740. The first-order chi connectivity index (χ1) is 10.6. The fraction of sp³-hybridized carbons (Fsp3) is 0.267. The number of halogens is 1. The Labute approximate surface area is 125 Å². The highest BCUT2D eigenvalue weighted by Crippen LogP contribution is 2.18. The standard InChI is InChI=1S/C15H15FN4O2/c1-19-12(6-7-18-19)13(8-22-2)20-9-17-14-10(15(20)21)4-3-5-11(14)16/h3-7,9,13H,8H2,1-2H3. The third-order valence-corrected chi connectivity index (χ3v) is 3.62. The molecule has 3 rings (SSSR count). The Morgan fingerprint density at radius 1 is 1.36 bits per heavy atom. The number of para-hydroxylation sites is 1. The Kier molecular flexibility index (Phi) is 3.72. The van der Waals surface area contributed by atoms with Crippen LogP contribution in [0.3, 0.4) is 0 Å². The van der Waals surface area contributed by atoms with Gasteiger partial charge in [-0.05, 0) is 18.2 Å². The predicted octanol–water partition coefficient (Wildman–Crippen LogP) is 1.50. The second-order valence-corrected chi connectivity index (χ2v) is 4.94. The van der Waals surface area contributed by atoms with Gasteiger partial charge in [-0.3, -0.25) is 14.0 Å². The minimum atomic E-state index is -0.509. The van der Waals surface area contributed by atoms with E-state index in [1.165, 1.54) is 23.0 Å². The lowest BCUT2D eigenvalue weighted by molar-refractivity contribution is 0.164. The van der Waals surface area contributed by atoms with E-state index in [2.05, 4.69) is 10.1 Å². The molecular weight excluding hydrogens is 287 g/mol. The Hall–Kier alpha value is -2.54. The van der Waals surface area contributed by atoms with Crippen molar-refractivity contribution in [3.63, 3.8) is 0 Å². The SMILES string of the molecule is COCC(c1ccnn1C)n1cnc2c(F)cccc2c1=O. The van der Waals surface area contributed by atoms with Gasteiger partial charge in [-0.1, -0.05) is 6.07 Å². The molecule has 0 spiro atoms. The van der Waals surface area contributed by atoms with E-state index in [-0.39, 0.29) is 29.1 Å². The molecule has 6 nitrogen and oxygen atoms in total. The van der Waals surface area contributed by atoms with E-state index in [4.69, 9.17) is 4.74 Å². The molecule has 0 fully saturated rings. The summed E-state index contributed by atoms with van der Waals surface area (Å²) in [6, 6.07) is 5.78. The van der Waals surface area contributed by atoms with E-state index in [9.17, 15) is 9.18 Å². The van der Waals surface area contributed by atoms with Crippen LogP contribution in [0.5, 0.6) is 0 Å². The summed E-state index contributed by atoms with van der Waals surface area (Å²) in [4.78, 5) is 16.8. The monoisotopic (exact) mass is 302 g/mol. The van der Waals surface area contributed by atoms with Crippen molar-refractivity contribution in [3.8, 4) is 0 Å². The number of hydrogen-bond donors (Lipinski definition) is 0. The first-order valence-corrected chi connectivity index (χ1v) is 6.75. The van der Waals surface area contributed by atoms with E-state index >= 15 is 0 Å². The van der Waals surface area contributed by atoms with Crippen molar-refractivity contribution in [2.45, 2.75) is 6.04 Å². The molecule has 0 aliphatic carbocycles. The molecule has 3 aromatic rings. The topological polar surface area (TPSA) is 61.9 Å². The van der Waals surface area contributed by atoms with Crippen molar-refractivity contribution in [2.75, 3.05) is 13.7 Å². The maximum Gasteiger partial charge on any atom is 0.261 e. The first kappa shape index (κ1) is 14.4. The zero-order chi connectivity index (χ0) is 15.7. The number of fused-ring (bicyclic) bond motifs is 1. The molecular formula is C15H15FN4O2. The summed E-state index contributed by atoms with van der Waals surface area (Å²) < 4.78 is 22.1. The van der Waals surface area contributed by atoms with Gasteiger partial charge < -0.3 is 4.74 Å². The van der Waals surface area contributed by atoms with Crippen LogP contribution in [-0.2, 0) is 11.8 Å². The van der Waals surface area contributed by atoms with Gasteiger partial charge in [-0.2, -0.15) is 5.10 Å². The summed E-state index contributed by atoms with van der Waals surface area (Å²) in [5.74, 6) is -0.509. The van der Waals surface area contributed by atoms with Gasteiger partial charge in [-0.15, -0.1) is 0 Å². The molecule has 0 N–H and O–H groups in total. The number of nitrogens with zero attached hydrogens (tertiary/aromatic N) is 4. The molecule has 0 radical (unpaired) electrons. The van der Waals surface area contributed by atoms with Crippen molar-refractivity contribution in [1.82, 2.24) is 19.3 Å². The molecule has 0 saturated carbocycles. The highest BCUT2D eigenvalue weighted by Gasteiger charge is 2.20. The Morgan fingerprint density at radius 3 is 2.86 bits per heavy atom. The molecule has 0 bridgehead atoms. The maximum absolute atomic E-state index is 13.7. The molecule has 2 heterocycles. The van der Waals surface area contributed by atoms with Crippen molar-refractivity contribution < 1.29 is 9.13 Å². The zero-order valence-corrected chi connectivity index (χ0v) is 12.2. The molecule has 22 heavy (non-hydrogen) atoms. The number of aryl methyl sites for hydroxylation is 1. The van der Waals surface area contributed by atoms with E-state index < -0.39 is 5.82 Å². The van der Waals surface area contributed by atoms with Crippen LogP contribution in [-0.4, -0.2) is 33.0 Å². The van der Waals surface area contributed by atoms with Crippen molar-refractivity contribution >= 4 is 10.9 Å². The summed E-state index contributed by atoms with van der Waals surface area (Å²) in [5.41, 5.74) is 0.569. The molecule has 0 amide bonds. The van der Waals surface area contributed by atoms with Gasteiger partial charge in [-0.25, -0.2) is 9.37 Å². The smallest absolute Gasteiger partial charge is 0.261 e. The molecule has 7 heteroatoms. The minimum Gasteiger partial charge on any atom is -0.382 e. The van der Waals surface area contributed by atoms with Gasteiger partial charge >= 0.3 is 0 Å². The largest absolute Gasteiger partial charge is 0.382 e. The Bertz CT molecular complexity index is 871. The highest BCUT2D eigenvalue weighted by atomic mass is 19.1. The summed E-state index contributed by atoms with van der Waals surface area (Å²) in [5, 5.41) is 4.36. The number of methoxy groups -OCH3 is 1. The average Bonchev–Trinajstić information content (AvgIpc) is 2.93. The predicted molar refractivity (Wildman–Crippen MR) is 79.2 cm³/mol. The molecule has 1 aromatic carbocycles. The lowest BCUT2D eigenvalue weighted by atomic mass is 10.2. The number of benzene rings is 1. The van der Waals surface area contributed by atoms with Crippen LogP contribution in [0.15, 0.2) is 41.6 Å². The van der Waals surface area contributed by atoms with Gasteiger partial charge in [0.05, 0.1) is 24.0 Å². The van der Waals surface area contributed by atoms with Gasteiger partial charge in [0.2, 0.25) is 0 Å². The van der Waals surface area contributed by atoms with Crippen LogP contribution in [0.25, 0.3) is 10.9 Å². The van der Waals surface area contributed by atoms with Gasteiger partial charge in [0, 0.05) is 20.4 Å². The van der Waals surface area contributed by atoms with Crippen LogP contribution in [0, 0.1) is 5.82 Å². The Balaban J connectivity index is 2.21. The average molecular weight is 302 g/mol. The quantitative estimate of drug-likeness (QED) is 0.733. The van der Waals surface area contributed by atoms with Crippen molar-refractivity contribution in [3.05, 3.63) is 58.7 Å². The summed E-state index contributed by atoms with van der Waals surface area (Å²) in [6.45, 7) is 0.280. The molecule has 2 aromatic heterocycles. The molecule has 114 valence electrons. The third kappa shape index (κ3) is 2.29. The third-order valence-electron chi connectivity index (χ3n) is 3.62. The Morgan fingerprint density at radius 2 is 2.18 bits per heavy atom.